The number of aliphatic hydroxyl groups excluding tert-OH is 1. The Bertz CT molecular complexity index is 245. The van der Waals surface area contributed by atoms with Gasteiger partial charge in [-0.1, -0.05) is 0 Å². The van der Waals surface area contributed by atoms with Crippen molar-refractivity contribution in [1.82, 2.24) is 4.90 Å². The first-order chi connectivity index (χ1) is 5.01. The minimum atomic E-state index is -2.86. The normalized spacial score (nSPS) is 23.1. The van der Waals surface area contributed by atoms with Crippen molar-refractivity contribution < 1.29 is 13.5 Å². The van der Waals surface area contributed by atoms with Crippen LogP contribution in [0.4, 0.5) is 0 Å². The van der Waals surface area contributed by atoms with E-state index in [9.17, 15) is 8.42 Å². The third-order valence-electron chi connectivity index (χ3n) is 1.61. The maximum atomic E-state index is 10.9. The standard InChI is InChI=1S/C5H9NO3S2/c7-5(10)6-1-3-11(8,9)4-2-6/h1-4H2,(H,7,10). The lowest BCUT2D eigenvalue weighted by Crippen LogP contribution is -2.42. The number of nitrogens with zero attached hydrogens (tertiary/aromatic N) is 1. The molecule has 1 heterocycles. The van der Waals surface area contributed by atoms with E-state index in [1.807, 2.05) is 0 Å². The molecule has 1 aliphatic rings. The number of thiocarbonyl (C=S) groups is 1. The van der Waals surface area contributed by atoms with E-state index in [0.29, 0.717) is 13.1 Å². The molecule has 64 valence electrons. The summed E-state index contributed by atoms with van der Waals surface area (Å²) >= 11 is 4.48. The highest BCUT2D eigenvalue weighted by Gasteiger charge is 2.22. The zero-order valence-corrected chi connectivity index (χ0v) is 7.49. The molecule has 0 aromatic heterocycles. The van der Waals surface area contributed by atoms with Crippen LogP contribution in [0, 0.1) is 0 Å². The van der Waals surface area contributed by atoms with Crippen LogP contribution in [0.1, 0.15) is 0 Å². The van der Waals surface area contributed by atoms with Crippen molar-refractivity contribution in [1.29, 1.82) is 0 Å². The molecule has 0 spiro atoms. The van der Waals surface area contributed by atoms with E-state index in [4.69, 9.17) is 5.11 Å². The molecule has 0 amide bonds. The first-order valence-corrected chi connectivity index (χ1v) is 5.42. The highest BCUT2D eigenvalue weighted by atomic mass is 32.2. The van der Waals surface area contributed by atoms with Gasteiger partial charge in [0.05, 0.1) is 11.5 Å². The fourth-order valence-electron chi connectivity index (χ4n) is 0.904. The molecular weight excluding hydrogens is 186 g/mol. The zero-order chi connectivity index (χ0) is 8.48. The molecule has 0 unspecified atom stereocenters. The van der Waals surface area contributed by atoms with Gasteiger partial charge in [-0.2, -0.15) is 0 Å². The zero-order valence-electron chi connectivity index (χ0n) is 5.86. The second-order valence-electron chi connectivity index (χ2n) is 2.42. The van der Waals surface area contributed by atoms with Gasteiger partial charge in [0.15, 0.2) is 9.84 Å². The van der Waals surface area contributed by atoms with Crippen molar-refractivity contribution in [3.8, 4) is 0 Å². The second-order valence-corrected chi connectivity index (χ2v) is 5.09. The lowest BCUT2D eigenvalue weighted by Gasteiger charge is -2.25. The maximum absolute atomic E-state index is 10.9. The molecule has 0 aliphatic carbocycles. The van der Waals surface area contributed by atoms with Gasteiger partial charge in [-0.25, -0.2) is 8.42 Å². The van der Waals surface area contributed by atoms with Gasteiger partial charge < -0.3 is 10.0 Å². The molecule has 4 nitrogen and oxygen atoms in total. The van der Waals surface area contributed by atoms with Crippen LogP contribution in [0.3, 0.4) is 0 Å². The van der Waals surface area contributed by atoms with Gasteiger partial charge in [-0.15, -0.1) is 0 Å². The Kier molecular flexibility index (Phi) is 2.34. The Morgan fingerprint density at radius 3 is 2.18 bits per heavy atom. The number of rotatable bonds is 0. The van der Waals surface area contributed by atoms with Crippen LogP contribution in [0.15, 0.2) is 0 Å². The van der Waals surface area contributed by atoms with Gasteiger partial charge in [0.2, 0.25) is 0 Å². The van der Waals surface area contributed by atoms with Gasteiger partial charge in [0.25, 0.3) is 5.17 Å². The molecule has 0 atom stereocenters. The van der Waals surface area contributed by atoms with Crippen molar-refractivity contribution in [3.05, 3.63) is 0 Å². The van der Waals surface area contributed by atoms with E-state index in [2.05, 4.69) is 12.2 Å². The minimum Gasteiger partial charge on any atom is -0.486 e. The van der Waals surface area contributed by atoms with Gasteiger partial charge in [0.1, 0.15) is 0 Å². The van der Waals surface area contributed by atoms with Crippen LogP contribution < -0.4 is 0 Å². The lowest BCUT2D eigenvalue weighted by atomic mass is 10.5. The molecule has 0 radical (unpaired) electrons. The van der Waals surface area contributed by atoms with Crippen molar-refractivity contribution >= 4 is 27.2 Å². The first-order valence-electron chi connectivity index (χ1n) is 3.19. The minimum absolute atomic E-state index is 0.0910. The molecule has 0 aromatic rings. The molecule has 0 aromatic carbocycles. The van der Waals surface area contributed by atoms with Crippen LogP contribution in [-0.4, -0.2) is 48.2 Å². The molecule has 1 N–H and O–H groups in total. The third-order valence-corrected chi connectivity index (χ3v) is 3.48. The van der Waals surface area contributed by atoms with Crippen molar-refractivity contribution in [2.75, 3.05) is 24.6 Å². The Morgan fingerprint density at radius 2 is 1.82 bits per heavy atom. The van der Waals surface area contributed by atoms with E-state index >= 15 is 0 Å². The largest absolute Gasteiger partial charge is 0.486 e. The summed E-state index contributed by atoms with van der Waals surface area (Å²) in [6, 6.07) is 0. The fourth-order valence-corrected chi connectivity index (χ4v) is 2.29. The highest BCUT2D eigenvalue weighted by Crippen LogP contribution is 2.03. The topological polar surface area (TPSA) is 57.6 Å². The van der Waals surface area contributed by atoms with E-state index in [1.54, 1.807) is 0 Å². The predicted molar refractivity (Wildman–Crippen MR) is 45.5 cm³/mol. The Morgan fingerprint density at radius 1 is 1.36 bits per heavy atom. The van der Waals surface area contributed by atoms with Gasteiger partial charge in [-0.05, 0) is 12.2 Å². The summed E-state index contributed by atoms with van der Waals surface area (Å²) in [6.45, 7) is 0.634. The van der Waals surface area contributed by atoms with Crippen LogP contribution in [0.25, 0.3) is 0 Å². The molecule has 1 aliphatic heterocycles. The molecule has 0 saturated carbocycles. The molecule has 11 heavy (non-hydrogen) atoms. The summed E-state index contributed by atoms with van der Waals surface area (Å²) in [4.78, 5) is 1.48. The number of hydrogen-bond acceptors (Lipinski definition) is 3. The van der Waals surface area contributed by atoms with E-state index in [-0.39, 0.29) is 16.7 Å². The molecular formula is C5H9NO3S2. The maximum Gasteiger partial charge on any atom is 0.256 e. The summed E-state index contributed by atoms with van der Waals surface area (Å²) in [5.41, 5.74) is 0. The SMILES string of the molecule is O=S1(=O)CCN(C(O)=S)CC1. The molecule has 6 heteroatoms. The number of sulfone groups is 1. The third kappa shape index (κ3) is 2.30. The summed E-state index contributed by atoms with van der Waals surface area (Å²) in [7, 11) is -2.86. The smallest absolute Gasteiger partial charge is 0.256 e. The Balaban J connectivity index is 2.56. The number of hydrogen-bond donors (Lipinski definition) is 1. The summed E-state index contributed by atoms with van der Waals surface area (Å²) in [6.07, 6.45) is 0. The molecule has 0 bridgehead atoms. The van der Waals surface area contributed by atoms with Gasteiger partial charge in [0, 0.05) is 13.1 Å². The summed E-state index contributed by atoms with van der Waals surface area (Å²) in [5, 5.41) is 8.60. The van der Waals surface area contributed by atoms with Gasteiger partial charge >= 0.3 is 0 Å². The highest BCUT2D eigenvalue weighted by molar-refractivity contribution is 7.91. The van der Waals surface area contributed by atoms with E-state index in [1.165, 1.54) is 4.90 Å². The van der Waals surface area contributed by atoms with Crippen LogP contribution in [0.2, 0.25) is 0 Å². The van der Waals surface area contributed by atoms with Gasteiger partial charge in [-0.3, -0.25) is 0 Å². The van der Waals surface area contributed by atoms with Crippen molar-refractivity contribution in [2.45, 2.75) is 0 Å². The van der Waals surface area contributed by atoms with E-state index < -0.39 is 9.84 Å². The second kappa shape index (κ2) is 2.94. The number of aliphatic hydroxyl groups is 1. The molecule has 1 fully saturated rings. The molecule has 1 rings (SSSR count). The molecule has 1 saturated heterocycles. The summed E-state index contributed by atoms with van der Waals surface area (Å²) < 4.78 is 21.7. The summed E-state index contributed by atoms with van der Waals surface area (Å²) in [5.74, 6) is 0.182. The average molecular weight is 195 g/mol. The Hall–Kier alpha value is -0.360. The van der Waals surface area contributed by atoms with Crippen LogP contribution in [-0.2, 0) is 9.84 Å². The van der Waals surface area contributed by atoms with Crippen molar-refractivity contribution in [3.63, 3.8) is 0 Å². The van der Waals surface area contributed by atoms with E-state index in [0.717, 1.165) is 0 Å². The monoisotopic (exact) mass is 195 g/mol. The van der Waals surface area contributed by atoms with Crippen molar-refractivity contribution in [2.24, 2.45) is 0 Å². The fraction of sp³-hybridized carbons (Fsp3) is 0.800. The average Bonchev–Trinajstić information content (AvgIpc) is 1.86. The predicted octanol–water partition coefficient (Wildman–Crippen LogP) is -0.440. The quantitative estimate of drug-likeness (QED) is 0.531. The lowest BCUT2D eigenvalue weighted by molar-refractivity contribution is 0.363. The Labute approximate surface area is 70.7 Å². The van der Waals surface area contributed by atoms with Crippen LogP contribution in [0.5, 0.6) is 0 Å². The first kappa shape index (κ1) is 8.73. The van der Waals surface area contributed by atoms with Crippen LogP contribution >= 0.6 is 12.2 Å².